The van der Waals surface area contributed by atoms with Gasteiger partial charge in [0.25, 0.3) is 0 Å². The second-order valence-electron chi connectivity index (χ2n) is 6.58. The molecule has 0 aromatic carbocycles. The summed E-state index contributed by atoms with van der Waals surface area (Å²) < 4.78 is 37.0. The average molecular weight is 469 g/mol. The molecule has 1 aliphatic heterocycles. The topological polar surface area (TPSA) is 194 Å². The lowest BCUT2D eigenvalue weighted by Gasteiger charge is -2.39. The molecule has 1 saturated heterocycles. The quantitative estimate of drug-likeness (QED) is 0.0679. The van der Waals surface area contributed by atoms with Gasteiger partial charge in [0.05, 0.1) is 79.3 Å². The van der Waals surface area contributed by atoms with Gasteiger partial charge in [0.2, 0.25) is 0 Å². The molecule has 4 N–H and O–H groups in total. The standard InChI is InChI=1S/C18H35N3O11/c19-21-20-1-2-26-3-4-27-5-6-28-7-8-29-9-10-30-11-12-31-18-17(25)16(24)15(23)14(13-22)32-18/h14-18,22-25H,1-13H2/t14-,15-,16+,17-,18+/m1/s1. The van der Waals surface area contributed by atoms with E-state index >= 15 is 0 Å². The van der Waals surface area contributed by atoms with E-state index in [0.717, 1.165) is 0 Å². The van der Waals surface area contributed by atoms with Crippen LogP contribution in [0.5, 0.6) is 0 Å². The molecule has 0 saturated carbocycles. The van der Waals surface area contributed by atoms with Crippen LogP contribution in [0.3, 0.4) is 0 Å². The van der Waals surface area contributed by atoms with Crippen LogP contribution in [0, 0.1) is 0 Å². The molecule has 0 bridgehead atoms. The first-order valence-corrected chi connectivity index (χ1v) is 10.4. The first-order chi connectivity index (χ1) is 15.6. The van der Waals surface area contributed by atoms with Crippen LogP contribution in [0.4, 0.5) is 0 Å². The Morgan fingerprint density at radius 2 is 1.16 bits per heavy atom. The lowest BCUT2D eigenvalue weighted by atomic mass is 9.99. The van der Waals surface area contributed by atoms with E-state index in [1.54, 1.807) is 0 Å². The molecule has 32 heavy (non-hydrogen) atoms. The SMILES string of the molecule is [N-]=[N+]=NCCOCCOCCOCCOCCOCCO[C@H]1O[C@H](CO)[C@@H](O)[C@H](O)[C@H]1O. The minimum absolute atomic E-state index is 0.0879. The molecule has 0 spiro atoms. The van der Waals surface area contributed by atoms with E-state index in [-0.39, 0.29) is 13.2 Å². The second kappa shape index (κ2) is 19.3. The molecule has 1 rings (SSSR count). The van der Waals surface area contributed by atoms with E-state index in [2.05, 4.69) is 10.0 Å². The maximum absolute atomic E-state index is 9.83. The fourth-order valence-electron chi connectivity index (χ4n) is 2.56. The smallest absolute Gasteiger partial charge is 0.186 e. The van der Waals surface area contributed by atoms with Crippen molar-refractivity contribution in [1.82, 2.24) is 0 Å². The fourth-order valence-corrected chi connectivity index (χ4v) is 2.56. The van der Waals surface area contributed by atoms with Gasteiger partial charge >= 0.3 is 0 Å². The molecular weight excluding hydrogens is 434 g/mol. The van der Waals surface area contributed by atoms with Crippen molar-refractivity contribution in [3.8, 4) is 0 Å². The van der Waals surface area contributed by atoms with Crippen molar-refractivity contribution in [2.24, 2.45) is 5.11 Å². The molecule has 14 heteroatoms. The first-order valence-electron chi connectivity index (χ1n) is 10.4. The summed E-state index contributed by atoms with van der Waals surface area (Å²) in [6, 6.07) is 0. The molecular formula is C18H35N3O11. The maximum atomic E-state index is 9.83. The van der Waals surface area contributed by atoms with Gasteiger partial charge in [-0.15, -0.1) is 0 Å². The summed E-state index contributed by atoms with van der Waals surface area (Å²) in [6.45, 7) is 3.75. The van der Waals surface area contributed by atoms with Gasteiger partial charge in [0.15, 0.2) is 6.29 Å². The second-order valence-corrected chi connectivity index (χ2v) is 6.58. The van der Waals surface area contributed by atoms with Gasteiger partial charge in [0.1, 0.15) is 24.4 Å². The third kappa shape index (κ3) is 12.8. The monoisotopic (exact) mass is 469 g/mol. The Balaban J connectivity index is 1.83. The van der Waals surface area contributed by atoms with Crippen molar-refractivity contribution >= 4 is 0 Å². The number of hydrogen-bond donors (Lipinski definition) is 4. The van der Waals surface area contributed by atoms with Crippen LogP contribution in [0.15, 0.2) is 5.11 Å². The molecule has 0 radical (unpaired) electrons. The highest BCUT2D eigenvalue weighted by atomic mass is 16.7. The molecule has 0 aliphatic carbocycles. The number of ether oxygens (including phenoxy) is 7. The van der Waals surface area contributed by atoms with Crippen LogP contribution in [-0.4, -0.2) is 137 Å². The van der Waals surface area contributed by atoms with Crippen LogP contribution in [0.2, 0.25) is 0 Å². The zero-order valence-corrected chi connectivity index (χ0v) is 18.1. The van der Waals surface area contributed by atoms with E-state index in [1.807, 2.05) is 0 Å². The van der Waals surface area contributed by atoms with Crippen molar-refractivity contribution in [3.05, 3.63) is 10.4 Å². The normalized spacial score (nSPS) is 25.6. The summed E-state index contributed by atoms with van der Waals surface area (Å²) in [5.74, 6) is 0. The number of hydrogen-bond acceptors (Lipinski definition) is 12. The summed E-state index contributed by atoms with van der Waals surface area (Å²) in [5, 5.41) is 41.7. The molecule has 188 valence electrons. The summed E-state index contributed by atoms with van der Waals surface area (Å²) in [7, 11) is 0. The molecule has 5 atom stereocenters. The first kappa shape index (κ1) is 28.9. The van der Waals surface area contributed by atoms with Crippen LogP contribution in [-0.2, 0) is 33.2 Å². The van der Waals surface area contributed by atoms with Crippen LogP contribution in [0.1, 0.15) is 0 Å². The Morgan fingerprint density at radius 1 is 0.688 bits per heavy atom. The molecule has 1 aliphatic rings. The Labute approximate surface area is 186 Å². The number of aliphatic hydroxyl groups is 4. The van der Waals surface area contributed by atoms with Gasteiger partial charge < -0.3 is 53.6 Å². The van der Waals surface area contributed by atoms with Gasteiger partial charge in [-0.05, 0) is 5.53 Å². The average Bonchev–Trinajstić information content (AvgIpc) is 2.80. The van der Waals surface area contributed by atoms with Crippen LogP contribution < -0.4 is 0 Å². The van der Waals surface area contributed by atoms with E-state index in [0.29, 0.717) is 66.0 Å². The van der Waals surface area contributed by atoms with Gasteiger partial charge in [-0.3, -0.25) is 0 Å². The number of azide groups is 1. The minimum atomic E-state index is -1.47. The number of nitrogens with zero attached hydrogens (tertiary/aromatic N) is 3. The van der Waals surface area contributed by atoms with Gasteiger partial charge in [-0.25, -0.2) is 0 Å². The van der Waals surface area contributed by atoms with Gasteiger partial charge in [0, 0.05) is 11.5 Å². The molecule has 0 unspecified atom stereocenters. The predicted octanol–water partition coefficient (Wildman–Crippen LogP) is -1.80. The minimum Gasteiger partial charge on any atom is -0.394 e. The highest BCUT2D eigenvalue weighted by Crippen LogP contribution is 2.21. The summed E-state index contributed by atoms with van der Waals surface area (Å²) in [5.41, 5.74) is 8.09. The third-order valence-corrected chi connectivity index (χ3v) is 4.25. The molecule has 0 aromatic heterocycles. The number of rotatable bonds is 20. The van der Waals surface area contributed by atoms with E-state index < -0.39 is 37.3 Å². The Morgan fingerprint density at radius 3 is 1.62 bits per heavy atom. The summed E-state index contributed by atoms with van der Waals surface area (Å²) in [6.07, 6.45) is -6.48. The summed E-state index contributed by atoms with van der Waals surface area (Å²) in [4.78, 5) is 2.62. The summed E-state index contributed by atoms with van der Waals surface area (Å²) >= 11 is 0. The molecule has 0 amide bonds. The molecule has 1 fully saturated rings. The zero-order valence-electron chi connectivity index (χ0n) is 18.1. The highest BCUT2D eigenvalue weighted by molar-refractivity contribution is 4.88. The predicted molar refractivity (Wildman–Crippen MR) is 108 cm³/mol. The Hall–Kier alpha value is -1.13. The Kier molecular flexibility index (Phi) is 17.5. The molecule has 1 heterocycles. The van der Waals surface area contributed by atoms with Crippen molar-refractivity contribution < 1.29 is 53.6 Å². The van der Waals surface area contributed by atoms with Crippen molar-refractivity contribution in [2.75, 3.05) is 85.8 Å². The van der Waals surface area contributed by atoms with Crippen molar-refractivity contribution in [3.63, 3.8) is 0 Å². The molecule has 14 nitrogen and oxygen atoms in total. The van der Waals surface area contributed by atoms with Crippen LogP contribution >= 0.6 is 0 Å². The fraction of sp³-hybridized carbons (Fsp3) is 1.00. The van der Waals surface area contributed by atoms with E-state index in [1.165, 1.54) is 0 Å². The van der Waals surface area contributed by atoms with Gasteiger partial charge in [-0.1, -0.05) is 5.11 Å². The number of aliphatic hydroxyl groups excluding tert-OH is 4. The van der Waals surface area contributed by atoms with E-state index in [9.17, 15) is 15.3 Å². The highest BCUT2D eigenvalue weighted by Gasteiger charge is 2.43. The largest absolute Gasteiger partial charge is 0.394 e. The lowest BCUT2D eigenvalue weighted by Crippen LogP contribution is -2.59. The van der Waals surface area contributed by atoms with Crippen molar-refractivity contribution in [2.45, 2.75) is 30.7 Å². The third-order valence-electron chi connectivity index (χ3n) is 4.25. The Bertz CT molecular complexity index is 497. The lowest BCUT2D eigenvalue weighted by molar-refractivity contribution is -0.302. The molecule has 0 aromatic rings. The van der Waals surface area contributed by atoms with Gasteiger partial charge in [-0.2, -0.15) is 0 Å². The van der Waals surface area contributed by atoms with Crippen molar-refractivity contribution in [1.29, 1.82) is 0 Å². The zero-order chi connectivity index (χ0) is 23.4. The maximum Gasteiger partial charge on any atom is 0.186 e. The van der Waals surface area contributed by atoms with E-state index in [4.69, 9.17) is 43.8 Å². The van der Waals surface area contributed by atoms with Crippen LogP contribution in [0.25, 0.3) is 10.4 Å².